The van der Waals surface area contributed by atoms with Crippen molar-refractivity contribution in [2.75, 3.05) is 13.2 Å². The molecule has 2 N–H and O–H groups in total. The molecule has 2 amide bonds. The van der Waals surface area contributed by atoms with Crippen LogP contribution in [0.3, 0.4) is 0 Å². The summed E-state index contributed by atoms with van der Waals surface area (Å²) in [5.74, 6) is -1.46. The number of carbonyl (C=O) groups is 2. The Kier molecular flexibility index (Phi) is 5.79. The van der Waals surface area contributed by atoms with Gasteiger partial charge in [-0.15, -0.1) is 0 Å². The fraction of sp³-hybridized carbons (Fsp3) is 0.350. The van der Waals surface area contributed by atoms with Crippen LogP contribution in [-0.2, 0) is 21.2 Å². The first kappa shape index (κ1) is 23.6. The van der Waals surface area contributed by atoms with Gasteiger partial charge in [0.25, 0.3) is 11.8 Å². The zero-order valence-corrected chi connectivity index (χ0v) is 17.0. The van der Waals surface area contributed by atoms with Crippen LogP contribution >= 0.6 is 0 Å². The summed E-state index contributed by atoms with van der Waals surface area (Å²) in [4.78, 5) is 40.0. The molecule has 4 rings (SSSR count). The van der Waals surface area contributed by atoms with E-state index in [0.717, 1.165) is 24.5 Å². The Balaban J connectivity index is 1.55. The van der Waals surface area contributed by atoms with Gasteiger partial charge in [-0.2, -0.15) is 26.3 Å². The predicted molar refractivity (Wildman–Crippen MR) is 103 cm³/mol. The topological polar surface area (TPSA) is 106 Å². The average Bonchev–Trinajstić information content (AvgIpc) is 3.41. The van der Waals surface area contributed by atoms with E-state index < -0.39 is 59.7 Å². The summed E-state index contributed by atoms with van der Waals surface area (Å²) in [5, 5.41) is 2.38. The normalized spacial score (nSPS) is 22.9. The smallest absolute Gasteiger partial charge is 0.338 e. The number of rotatable bonds is 4. The quantitative estimate of drug-likeness (QED) is 0.645. The Morgan fingerprint density at radius 3 is 2.44 bits per heavy atom. The van der Waals surface area contributed by atoms with Crippen LogP contribution in [0.2, 0.25) is 0 Å². The lowest BCUT2D eigenvalue weighted by Crippen LogP contribution is -2.44. The first-order valence-electron chi connectivity index (χ1n) is 9.73. The minimum Gasteiger partial charge on any atom is -0.338 e. The highest BCUT2D eigenvalue weighted by Crippen LogP contribution is 2.48. The molecule has 2 unspecified atom stereocenters. The zero-order chi connectivity index (χ0) is 24.7. The summed E-state index contributed by atoms with van der Waals surface area (Å²) < 4.78 is 81.6. The van der Waals surface area contributed by atoms with Crippen LogP contribution < -0.4 is 10.8 Å². The molecule has 0 bridgehead atoms. The molecular formula is C20H15F6N5O3. The number of halogens is 6. The second kappa shape index (κ2) is 8.34. The number of hydrogen-bond donors (Lipinski definition) is 2. The zero-order valence-electron chi connectivity index (χ0n) is 17.0. The van der Waals surface area contributed by atoms with Crippen molar-refractivity contribution < 1.29 is 40.8 Å². The van der Waals surface area contributed by atoms with Gasteiger partial charge < -0.3 is 5.32 Å². The number of hydrogen-bond acceptors (Lipinski definition) is 6. The SMILES string of the molecule is O=C(NC1CONC1=O)c1cnc(C2=NCC(c3cccc(C(F)(F)F)c3)(C(F)(F)F)C2)nc1. The maximum absolute atomic E-state index is 14.1. The van der Waals surface area contributed by atoms with Crippen molar-refractivity contribution in [1.82, 2.24) is 20.8 Å². The van der Waals surface area contributed by atoms with Gasteiger partial charge in [0.1, 0.15) is 18.1 Å². The lowest BCUT2D eigenvalue weighted by molar-refractivity contribution is -0.184. The molecule has 180 valence electrons. The monoisotopic (exact) mass is 487 g/mol. The molecule has 1 fully saturated rings. The highest BCUT2D eigenvalue weighted by molar-refractivity contribution is 6.01. The van der Waals surface area contributed by atoms with Crippen molar-refractivity contribution in [3.8, 4) is 0 Å². The molecule has 1 saturated heterocycles. The molecule has 34 heavy (non-hydrogen) atoms. The van der Waals surface area contributed by atoms with Gasteiger partial charge in [-0.25, -0.2) is 15.4 Å². The third-order valence-electron chi connectivity index (χ3n) is 5.51. The number of hydroxylamine groups is 1. The van der Waals surface area contributed by atoms with Gasteiger partial charge in [-0.3, -0.25) is 19.4 Å². The van der Waals surface area contributed by atoms with Crippen molar-refractivity contribution >= 4 is 17.5 Å². The molecule has 2 aromatic rings. The number of nitrogens with zero attached hydrogens (tertiary/aromatic N) is 3. The van der Waals surface area contributed by atoms with Crippen molar-refractivity contribution in [3.05, 3.63) is 59.2 Å². The van der Waals surface area contributed by atoms with E-state index in [0.29, 0.717) is 12.1 Å². The lowest BCUT2D eigenvalue weighted by atomic mass is 9.76. The molecule has 0 aliphatic carbocycles. The van der Waals surface area contributed by atoms with Gasteiger partial charge in [-0.1, -0.05) is 18.2 Å². The van der Waals surface area contributed by atoms with E-state index in [1.165, 1.54) is 0 Å². The Bertz CT molecular complexity index is 1150. The van der Waals surface area contributed by atoms with Crippen molar-refractivity contribution in [2.24, 2.45) is 4.99 Å². The highest BCUT2D eigenvalue weighted by Gasteiger charge is 2.59. The number of aromatic nitrogens is 2. The molecular weight excluding hydrogens is 472 g/mol. The molecule has 2 atom stereocenters. The van der Waals surface area contributed by atoms with Crippen molar-refractivity contribution in [2.45, 2.75) is 30.2 Å². The van der Waals surface area contributed by atoms with Crippen LogP contribution in [0, 0.1) is 0 Å². The number of carbonyl (C=O) groups excluding carboxylic acids is 2. The predicted octanol–water partition coefficient (Wildman–Crippen LogP) is 2.35. The summed E-state index contributed by atoms with van der Waals surface area (Å²) in [7, 11) is 0. The Morgan fingerprint density at radius 1 is 1.15 bits per heavy atom. The second-order valence-electron chi connectivity index (χ2n) is 7.70. The van der Waals surface area contributed by atoms with E-state index >= 15 is 0 Å². The van der Waals surface area contributed by atoms with Gasteiger partial charge in [0.2, 0.25) is 0 Å². The molecule has 14 heteroatoms. The number of amides is 2. The van der Waals surface area contributed by atoms with Gasteiger partial charge in [-0.05, 0) is 11.6 Å². The standard InChI is InChI=1S/C20H15F6N5O3/c21-19(22,23)12-3-1-2-11(4-12)18(20(24,25)26)5-13(29-9-18)15-27-6-10(7-28-15)16(32)30-14-8-34-31-17(14)33/h1-4,6-7,14H,5,8-9H2,(H,30,32)(H,31,33). The Morgan fingerprint density at radius 2 is 1.85 bits per heavy atom. The molecule has 8 nitrogen and oxygen atoms in total. The average molecular weight is 487 g/mol. The fourth-order valence-electron chi connectivity index (χ4n) is 3.60. The summed E-state index contributed by atoms with van der Waals surface area (Å²) in [5.41, 5.74) is -2.62. The molecule has 0 spiro atoms. The number of nitrogens with one attached hydrogen (secondary N) is 2. The maximum atomic E-state index is 14.1. The summed E-state index contributed by atoms with van der Waals surface area (Å²) in [6, 6.07) is 2.15. The fourth-order valence-corrected chi connectivity index (χ4v) is 3.60. The first-order valence-corrected chi connectivity index (χ1v) is 9.73. The molecule has 3 heterocycles. The van der Waals surface area contributed by atoms with E-state index in [4.69, 9.17) is 0 Å². The van der Waals surface area contributed by atoms with E-state index in [1.54, 1.807) is 0 Å². The third kappa shape index (κ3) is 4.32. The molecule has 1 aromatic heterocycles. The molecule has 0 radical (unpaired) electrons. The first-order chi connectivity index (χ1) is 15.9. The highest BCUT2D eigenvalue weighted by atomic mass is 19.4. The molecule has 1 aromatic carbocycles. The van der Waals surface area contributed by atoms with Gasteiger partial charge in [0.15, 0.2) is 5.82 Å². The minimum absolute atomic E-state index is 0.0676. The Hall–Kier alpha value is -3.55. The maximum Gasteiger partial charge on any atom is 0.416 e. The summed E-state index contributed by atoms with van der Waals surface area (Å²) in [6.07, 6.45) is -8.40. The minimum atomic E-state index is -4.91. The van der Waals surface area contributed by atoms with Crippen molar-refractivity contribution in [3.63, 3.8) is 0 Å². The largest absolute Gasteiger partial charge is 0.416 e. The van der Waals surface area contributed by atoms with Gasteiger partial charge >= 0.3 is 12.4 Å². The summed E-state index contributed by atoms with van der Waals surface area (Å²) in [6.45, 7) is -0.926. The van der Waals surface area contributed by atoms with Crippen LogP contribution in [0.4, 0.5) is 26.3 Å². The molecule has 2 aliphatic rings. The third-order valence-corrected chi connectivity index (χ3v) is 5.51. The number of benzene rings is 1. The second-order valence-corrected chi connectivity index (χ2v) is 7.70. The van der Waals surface area contributed by atoms with Crippen molar-refractivity contribution in [1.29, 1.82) is 0 Å². The van der Waals surface area contributed by atoms with Gasteiger partial charge in [0, 0.05) is 18.8 Å². The van der Waals surface area contributed by atoms with Crippen LogP contribution in [0.15, 0.2) is 41.7 Å². The van der Waals surface area contributed by atoms with Crippen LogP contribution in [0.25, 0.3) is 0 Å². The van der Waals surface area contributed by atoms with E-state index in [-0.39, 0.29) is 23.7 Å². The van der Waals surface area contributed by atoms with E-state index in [1.807, 2.05) is 0 Å². The number of alkyl halides is 6. The summed E-state index contributed by atoms with van der Waals surface area (Å²) >= 11 is 0. The van der Waals surface area contributed by atoms with Crippen LogP contribution in [-0.4, -0.2) is 52.9 Å². The Labute approximate surface area is 187 Å². The lowest BCUT2D eigenvalue weighted by Gasteiger charge is -2.31. The number of aliphatic imine (C=N–C) groups is 1. The van der Waals surface area contributed by atoms with E-state index in [2.05, 4.69) is 30.6 Å². The van der Waals surface area contributed by atoms with Gasteiger partial charge in [0.05, 0.1) is 23.4 Å². The molecule has 0 saturated carbocycles. The molecule has 2 aliphatic heterocycles. The van der Waals surface area contributed by atoms with Crippen LogP contribution in [0.1, 0.15) is 33.7 Å². The van der Waals surface area contributed by atoms with E-state index in [9.17, 15) is 35.9 Å². The van der Waals surface area contributed by atoms with Crippen LogP contribution in [0.5, 0.6) is 0 Å².